The average molecular weight is 515 g/mol. The van der Waals surface area contributed by atoms with E-state index in [-0.39, 0.29) is 0 Å². The van der Waals surface area contributed by atoms with Gasteiger partial charge in [-0.15, -0.1) is 0 Å². The highest BCUT2D eigenvalue weighted by Gasteiger charge is 2.44. The van der Waals surface area contributed by atoms with Gasteiger partial charge in [0.05, 0.1) is 0 Å². The van der Waals surface area contributed by atoms with Gasteiger partial charge in [0, 0.05) is 22.3 Å². The lowest BCUT2D eigenvalue weighted by atomic mass is 9.81. The Morgan fingerprint density at radius 2 is 0.625 bits per heavy atom. The molecule has 0 aromatic heterocycles. The molecule has 2 aliphatic carbocycles. The number of hydrogen-bond donors (Lipinski definition) is 2. The fourth-order valence-corrected chi connectivity index (χ4v) is 6.89. The van der Waals surface area contributed by atoms with Gasteiger partial charge >= 0.3 is 0 Å². The largest absolute Gasteiger partial charge is 0.376 e. The monoisotopic (exact) mass is 514 g/mol. The van der Waals surface area contributed by atoms with Crippen molar-refractivity contribution in [3.05, 3.63) is 179 Å². The first-order chi connectivity index (χ1) is 19.6. The Kier molecular flexibility index (Phi) is 4.84. The van der Waals surface area contributed by atoms with Crippen molar-refractivity contribution in [1.29, 1.82) is 0 Å². The summed E-state index contributed by atoms with van der Waals surface area (Å²) in [5.41, 5.74) is 8.97. The highest BCUT2D eigenvalue weighted by molar-refractivity contribution is 5.84. The Morgan fingerprint density at radius 3 is 0.950 bits per heavy atom. The van der Waals surface area contributed by atoms with Crippen LogP contribution < -0.4 is 0 Å². The first kappa shape index (κ1) is 23.2. The molecule has 2 heteroatoms. The van der Waals surface area contributed by atoms with E-state index in [0.717, 1.165) is 66.8 Å². The predicted octanol–water partition coefficient (Wildman–Crippen LogP) is 7.88. The molecule has 2 nitrogen and oxygen atoms in total. The van der Waals surface area contributed by atoms with Crippen LogP contribution in [0.25, 0.3) is 33.4 Å². The molecule has 0 fully saturated rings. The fourth-order valence-electron chi connectivity index (χ4n) is 6.89. The molecule has 2 N–H and O–H groups in total. The Morgan fingerprint density at radius 1 is 0.325 bits per heavy atom. The van der Waals surface area contributed by atoms with Crippen LogP contribution in [0.4, 0.5) is 0 Å². The maximum absolute atomic E-state index is 12.4. The standard InChI is InChI=1S/C38H26O2/c39-37(33-19-5-1-15-29(33)30-16-2-6-20-34(30)37)27-13-9-11-25(23-27)26-12-10-14-28(24-26)38(40)35-21-7-3-17-31(35)32-18-4-8-22-36(32)38/h1-24,39-40H. The first-order valence-electron chi connectivity index (χ1n) is 13.6. The van der Waals surface area contributed by atoms with E-state index in [2.05, 4.69) is 48.5 Å². The third-order valence-electron chi connectivity index (χ3n) is 8.74. The molecule has 2 aliphatic rings. The Bertz CT molecular complexity index is 1720. The zero-order chi connectivity index (χ0) is 26.9. The van der Waals surface area contributed by atoms with Crippen LogP contribution in [0.2, 0.25) is 0 Å². The highest BCUT2D eigenvalue weighted by Crippen LogP contribution is 2.52. The molecular weight excluding hydrogens is 488 g/mol. The molecule has 190 valence electrons. The van der Waals surface area contributed by atoms with Crippen molar-refractivity contribution >= 4 is 0 Å². The topological polar surface area (TPSA) is 40.5 Å². The molecule has 0 spiro atoms. The van der Waals surface area contributed by atoms with Crippen LogP contribution in [0.3, 0.4) is 0 Å². The van der Waals surface area contributed by atoms with Gasteiger partial charge in [-0.2, -0.15) is 0 Å². The zero-order valence-corrected chi connectivity index (χ0v) is 21.8. The van der Waals surface area contributed by atoms with Crippen molar-refractivity contribution in [2.75, 3.05) is 0 Å². The van der Waals surface area contributed by atoms with Crippen LogP contribution in [0.1, 0.15) is 33.4 Å². The van der Waals surface area contributed by atoms with E-state index in [1.54, 1.807) is 0 Å². The smallest absolute Gasteiger partial charge is 0.141 e. The molecule has 0 bridgehead atoms. The maximum Gasteiger partial charge on any atom is 0.141 e. The summed E-state index contributed by atoms with van der Waals surface area (Å²) >= 11 is 0. The van der Waals surface area contributed by atoms with E-state index in [1.807, 2.05) is 97.1 Å². The number of benzene rings is 6. The third kappa shape index (κ3) is 3.00. The van der Waals surface area contributed by atoms with E-state index >= 15 is 0 Å². The summed E-state index contributed by atoms with van der Waals surface area (Å²) < 4.78 is 0. The minimum Gasteiger partial charge on any atom is -0.376 e. The predicted molar refractivity (Wildman–Crippen MR) is 160 cm³/mol. The summed E-state index contributed by atoms with van der Waals surface area (Å²) in [6, 6.07) is 48.8. The molecule has 40 heavy (non-hydrogen) atoms. The molecule has 0 amide bonds. The molecule has 0 atom stereocenters. The zero-order valence-electron chi connectivity index (χ0n) is 21.8. The van der Waals surface area contributed by atoms with Crippen LogP contribution in [0, 0.1) is 0 Å². The number of hydrogen-bond acceptors (Lipinski definition) is 2. The first-order valence-corrected chi connectivity index (χ1v) is 13.6. The summed E-state index contributed by atoms with van der Waals surface area (Å²) in [6.07, 6.45) is 0. The van der Waals surface area contributed by atoms with Crippen molar-refractivity contribution in [1.82, 2.24) is 0 Å². The van der Waals surface area contributed by atoms with Gasteiger partial charge in [-0.1, -0.05) is 133 Å². The summed E-state index contributed by atoms with van der Waals surface area (Å²) in [7, 11) is 0. The third-order valence-corrected chi connectivity index (χ3v) is 8.74. The van der Waals surface area contributed by atoms with Crippen LogP contribution in [0.5, 0.6) is 0 Å². The van der Waals surface area contributed by atoms with Crippen LogP contribution >= 0.6 is 0 Å². The minimum absolute atomic E-state index is 0.822. The van der Waals surface area contributed by atoms with Gasteiger partial charge in [0.2, 0.25) is 0 Å². The van der Waals surface area contributed by atoms with Gasteiger partial charge in [0.15, 0.2) is 0 Å². The van der Waals surface area contributed by atoms with E-state index in [0.29, 0.717) is 0 Å². The Labute approximate surface area is 233 Å². The quantitative estimate of drug-likeness (QED) is 0.252. The van der Waals surface area contributed by atoms with Gasteiger partial charge in [-0.25, -0.2) is 0 Å². The minimum atomic E-state index is -1.25. The van der Waals surface area contributed by atoms with Gasteiger partial charge in [0.25, 0.3) is 0 Å². The second-order valence-corrected chi connectivity index (χ2v) is 10.8. The molecule has 6 aromatic rings. The lowest BCUT2D eigenvalue weighted by Crippen LogP contribution is -2.26. The number of fused-ring (bicyclic) bond motifs is 6. The van der Waals surface area contributed by atoms with Crippen LogP contribution in [-0.2, 0) is 11.2 Å². The summed E-state index contributed by atoms with van der Waals surface area (Å²) in [5, 5.41) is 24.8. The van der Waals surface area contributed by atoms with Crippen molar-refractivity contribution < 1.29 is 10.2 Å². The van der Waals surface area contributed by atoms with Crippen molar-refractivity contribution in [3.8, 4) is 33.4 Å². The second kappa shape index (κ2) is 8.37. The summed E-state index contributed by atoms with van der Waals surface area (Å²) in [4.78, 5) is 0. The number of rotatable bonds is 3. The molecule has 0 saturated heterocycles. The molecule has 0 unspecified atom stereocenters. The van der Waals surface area contributed by atoms with E-state index in [4.69, 9.17) is 0 Å². The lowest BCUT2D eigenvalue weighted by Gasteiger charge is -2.28. The van der Waals surface area contributed by atoms with Crippen LogP contribution in [0.15, 0.2) is 146 Å². The lowest BCUT2D eigenvalue weighted by molar-refractivity contribution is 0.130. The van der Waals surface area contributed by atoms with Gasteiger partial charge in [-0.05, 0) is 56.6 Å². The molecule has 0 aliphatic heterocycles. The van der Waals surface area contributed by atoms with Gasteiger partial charge in [0.1, 0.15) is 11.2 Å². The van der Waals surface area contributed by atoms with Gasteiger partial charge in [-0.3, -0.25) is 0 Å². The molecule has 0 heterocycles. The Balaban J connectivity index is 1.28. The van der Waals surface area contributed by atoms with Crippen molar-refractivity contribution in [3.63, 3.8) is 0 Å². The average Bonchev–Trinajstić information content (AvgIpc) is 3.45. The summed E-state index contributed by atoms with van der Waals surface area (Å²) in [5.74, 6) is 0. The molecule has 8 rings (SSSR count). The van der Waals surface area contributed by atoms with Crippen molar-refractivity contribution in [2.24, 2.45) is 0 Å². The van der Waals surface area contributed by atoms with E-state index < -0.39 is 11.2 Å². The fraction of sp³-hybridized carbons (Fsp3) is 0.0526. The van der Waals surface area contributed by atoms with Gasteiger partial charge < -0.3 is 10.2 Å². The highest BCUT2D eigenvalue weighted by atomic mass is 16.3. The molecule has 6 aromatic carbocycles. The van der Waals surface area contributed by atoms with Crippen LogP contribution in [-0.4, -0.2) is 10.2 Å². The molecular formula is C38H26O2. The maximum atomic E-state index is 12.4. The van der Waals surface area contributed by atoms with E-state index in [9.17, 15) is 10.2 Å². The second-order valence-electron chi connectivity index (χ2n) is 10.8. The summed E-state index contributed by atoms with van der Waals surface area (Å²) in [6.45, 7) is 0. The van der Waals surface area contributed by atoms with E-state index in [1.165, 1.54) is 0 Å². The van der Waals surface area contributed by atoms with Crippen molar-refractivity contribution in [2.45, 2.75) is 11.2 Å². The molecule has 0 radical (unpaired) electrons. The normalized spacial score (nSPS) is 15.2. The Hall–Kier alpha value is -4.76. The SMILES string of the molecule is OC1(c2cccc(-c3cccc(C4(O)c5ccccc5-c5ccccc54)c3)c2)c2ccccc2-c2ccccc21. The molecule has 0 saturated carbocycles. The number of aliphatic hydroxyl groups is 2.